The van der Waals surface area contributed by atoms with Gasteiger partial charge in [0.15, 0.2) is 0 Å². The molecule has 0 heterocycles. The standard InChI is InChI=1S/C17H16ClFN2O3/c18-15-7-6-12(10-14(15)17(20)23)21-16(22)5-2-8-24-13-4-1-3-11(19)9-13/h1,3-4,6-7,9-10H,2,5,8H2,(H2,20,23)(H,21,22). The van der Waals surface area contributed by atoms with E-state index in [1.54, 1.807) is 18.2 Å². The number of nitrogens with two attached hydrogens (primary N) is 1. The van der Waals surface area contributed by atoms with Gasteiger partial charge in [0.1, 0.15) is 11.6 Å². The fourth-order valence-electron chi connectivity index (χ4n) is 1.99. The molecule has 5 nitrogen and oxygen atoms in total. The Morgan fingerprint density at radius 3 is 2.71 bits per heavy atom. The zero-order valence-corrected chi connectivity index (χ0v) is 13.5. The Bertz CT molecular complexity index is 752. The van der Waals surface area contributed by atoms with E-state index >= 15 is 0 Å². The molecule has 0 aliphatic carbocycles. The molecule has 2 aromatic rings. The van der Waals surface area contributed by atoms with Crippen LogP contribution in [0.3, 0.4) is 0 Å². The SMILES string of the molecule is NC(=O)c1cc(NC(=O)CCCOc2cccc(F)c2)ccc1Cl. The number of nitrogens with one attached hydrogen (secondary N) is 1. The maximum absolute atomic E-state index is 13.0. The molecule has 3 N–H and O–H groups in total. The van der Waals surface area contributed by atoms with E-state index in [4.69, 9.17) is 22.1 Å². The number of ether oxygens (including phenoxy) is 1. The van der Waals surface area contributed by atoms with E-state index in [-0.39, 0.29) is 35.3 Å². The first kappa shape index (κ1) is 17.7. The van der Waals surface area contributed by atoms with E-state index in [1.807, 2.05) is 0 Å². The second-order valence-electron chi connectivity index (χ2n) is 5.02. The zero-order valence-electron chi connectivity index (χ0n) is 12.7. The van der Waals surface area contributed by atoms with Crippen LogP contribution in [0.5, 0.6) is 5.75 Å². The summed E-state index contributed by atoms with van der Waals surface area (Å²) in [6, 6.07) is 10.3. The zero-order chi connectivity index (χ0) is 17.5. The molecule has 0 aliphatic heterocycles. The molecule has 24 heavy (non-hydrogen) atoms. The second-order valence-corrected chi connectivity index (χ2v) is 5.42. The van der Waals surface area contributed by atoms with Crippen molar-refractivity contribution in [1.29, 1.82) is 0 Å². The van der Waals surface area contributed by atoms with Gasteiger partial charge in [0, 0.05) is 18.2 Å². The van der Waals surface area contributed by atoms with Gasteiger partial charge in [0.25, 0.3) is 0 Å². The second kappa shape index (κ2) is 8.31. The van der Waals surface area contributed by atoms with Crippen molar-refractivity contribution < 1.29 is 18.7 Å². The van der Waals surface area contributed by atoms with Gasteiger partial charge >= 0.3 is 0 Å². The summed E-state index contributed by atoms with van der Waals surface area (Å²) in [5.41, 5.74) is 5.78. The number of hydrogen-bond donors (Lipinski definition) is 2. The maximum atomic E-state index is 13.0. The lowest BCUT2D eigenvalue weighted by atomic mass is 10.2. The van der Waals surface area contributed by atoms with E-state index in [0.29, 0.717) is 17.9 Å². The van der Waals surface area contributed by atoms with E-state index in [1.165, 1.54) is 24.3 Å². The van der Waals surface area contributed by atoms with Gasteiger partial charge in [-0.3, -0.25) is 9.59 Å². The van der Waals surface area contributed by atoms with E-state index in [9.17, 15) is 14.0 Å². The minimum Gasteiger partial charge on any atom is -0.493 e. The highest BCUT2D eigenvalue weighted by Crippen LogP contribution is 2.20. The van der Waals surface area contributed by atoms with Crippen LogP contribution in [0.15, 0.2) is 42.5 Å². The summed E-state index contributed by atoms with van der Waals surface area (Å²) in [6.07, 6.45) is 0.669. The average molecular weight is 351 g/mol. The van der Waals surface area contributed by atoms with Crippen molar-refractivity contribution in [2.24, 2.45) is 5.73 Å². The van der Waals surface area contributed by atoms with Gasteiger partial charge in [-0.1, -0.05) is 17.7 Å². The van der Waals surface area contributed by atoms with Crippen LogP contribution in [0.2, 0.25) is 5.02 Å². The Balaban J connectivity index is 1.79. The summed E-state index contributed by atoms with van der Waals surface area (Å²) in [5, 5.41) is 2.88. The van der Waals surface area contributed by atoms with Crippen molar-refractivity contribution >= 4 is 29.1 Å². The topological polar surface area (TPSA) is 81.4 Å². The maximum Gasteiger partial charge on any atom is 0.250 e. The number of amides is 2. The number of benzene rings is 2. The predicted octanol–water partition coefficient (Wildman–Crippen LogP) is 3.38. The first-order valence-corrected chi connectivity index (χ1v) is 7.61. The van der Waals surface area contributed by atoms with Crippen molar-refractivity contribution in [3.63, 3.8) is 0 Å². The molecule has 0 radical (unpaired) electrons. The molecule has 126 valence electrons. The normalized spacial score (nSPS) is 10.2. The number of halogens is 2. The van der Waals surface area contributed by atoms with Gasteiger partial charge in [0.05, 0.1) is 17.2 Å². The number of anilines is 1. The fraction of sp³-hybridized carbons (Fsp3) is 0.176. The number of primary amides is 1. The van der Waals surface area contributed by atoms with Gasteiger partial charge in [-0.05, 0) is 36.8 Å². The molecule has 7 heteroatoms. The Labute approximate surface area is 143 Å². The molecule has 2 aromatic carbocycles. The molecular weight excluding hydrogens is 335 g/mol. The van der Waals surface area contributed by atoms with Crippen LogP contribution in [-0.2, 0) is 4.79 Å². The van der Waals surface area contributed by atoms with Crippen LogP contribution in [0.25, 0.3) is 0 Å². The van der Waals surface area contributed by atoms with Crippen LogP contribution in [-0.4, -0.2) is 18.4 Å². The van der Waals surface area contributed by atoms with E-state index in [2.05, 4.69) is 5.32 Å². The third-order valence-electron chi connectivity index (χ3n) is 3.13. The summed E-state index contributed by atoms with van der Waals surface area (Å²) >= 11 is 5.84. The molecule has 0 saturated heterocycles. The molecule has 0 aliphatic rings. The molecule has 2 amide bonds. The fourth-order valence-corrected chi connectivity index (χ4v) is 2.21. The molecule has 0 fully saturated rings. The minimum absolute atomic E-state index is 0.143. The number of carbonyl (C=O) groups excluding carboxylic acids is 2. The lowest BCUT2D eigenvalue weighted by Crippen LogP contribution is -2.15. The van der Waals surface area contributed by atoms with E-state index in [0.717, 1.165) is 0 Å². The summed E-state index contributed by atoms with van der Waals surface area (Å²) in [5.74, 6) is -0.868. The first-order valence-electron chi connectivity index (χ1n) is 7.23. The number of hydrogen-bond acceptors (Lipinski definition) is 3. The summed E-state index contributed by atoms with van der Waals surface area (Å²) in [4.78, 5) is 23.1. The van der Waals surface area contributed by atoms with Crippen molar-refractivity contribution in [1.82, 2.24) is 0 Å². The molecule has 2 rings (SSSR count). The lowest BCUT2D eigenvalue weighted by Gasteiger charge is -2.08. The molecule has 0 atom stereocenters. The highest BCUT2D eigenvalue weighted by atomic mass is 35.5. The van der Waals surface area contributed by atoms with Crippen molar-refractivity contribution in [3.05, 3.63) is 58.9 Å². The molecule has 0 spiro atoms. The van der Waals surface area contributed by atoms with Crippen molar-refractivity contribution in [2.45, 2.75) is 12.8 Å². The largest absolute Gasteiger partial charge is 0.493 e. The first-order chi connectivity index (χ1) is 11.5. The Morgan fingerprint density at radius 1 is 1.21 bits per heavy atom. The predicted molar refractivity (Wildman–Crippen MR) is 89.7 cm³/mol. The van der Waals surface area contributed by atoms with Crippen molar-refractivity contribution in [2.75, 3.05) is 11.9 Å². The molecular formula is C17H16ClFN2O3. The van der Waals surface area contributed by atoms with Crippen LogP contribution in [0.1, 0.15) is 23.2 Å². The quantitative estimate of drug-likeness (QED) is 0.751. The van der Waals surface area contributed by atoms with Gasteiger partial charge in [-0.15, -0.1) is 0 Å². The number of rotatable bonds is 7. The van der Waals surface area contributed by atoms with Crippen LogP contribution >= 0.6 is 11.6 Å². The molecule has 0 aromatic heterocycles. The van der Waals surface area contributed by atoms with Gasteiger partial charge in [-0.2, -0.15) is 0 Å². The molecule has 0 unspecified atom stereocenters. The molecule has 0 saturated carbocycles. The third-order valence-corrected chi connectivity index (χ3v) is 3.46. The number of carbonyl (C=O) groups is 2. The monoisotopic (exact) mass is 350 g/mol. The van der Waals surface area contributed by atoms with Crippen LogP contribution in [0, 0.1) is 5.82 Å². The van der Waals surface area contributed by atoms with Gasteiger partial charge in [0.2, 0.25) is 11.8 Å². The smallest absolute Gasteiger partial charge is 0.250 e. The third kappa shape index (κ3) is 5.24. The van der Waals surface area contributed by atoms with Gasteiger partial charge in [-0.25, -0.2) is 4.39 Å². The Hall–Kier alpha value is -2.60. The lowest BCUT2D eigenvalue weighted by molar-refractivity contribution is -0.116. The van der Waals surface area contributed by atoms with Crippen molar-refractivity contribution in [3.8, 4) is 5.75 Å². The highest BCUT2D eigenvalue weighted by Gasteiger charge is 2.09. The van der Waals surface area contributed by atoms with E-state index < -0.39 is 5.91 Å². The minimum atomic E-state index is -0.667. The summed E-state index contributed by atoms with van der Waals surface area (Å²) < 4.78 is 18.3. The Morgan fingerprint density at radius 2 is 2.00 bits per heavy atom. The summed E-state index contributed by atoms with van der Waals surface area (Å²) in [7, 11) is 0. The van der Waals surface area contributed by atoms with Crippen LogP contribution in [0.4, 0.5) is 10.1 Å². The van der Waals surface area contributed by atoms with Crippen LogP contribution < -0.4 is 15.8 Å². The average Bonchev–Trinajstić information content (AvgIpc) is 2.53. The summed E-state index contributed by atoms with van der Waals surface area (Å²) in [6.45, 7) is 0.282. The highest BCUT2D eigenvalue weighted by molar-refractivity contribution is 6.33. The Kier molecular flexibility index (Phi) is 6.14. The van der Waals surface area contributed by atoms with Gasteiger partial charge < -0.3 is 15.8 Å². The molecule has 0 bridgehead atoms.